The van der Waals surface area contributed by atoms with Crippen LogP contribution in [-0.4, -0.2) is 28.9 Å². The first kappa shape index (κ1) is 16.5. The molecule has 6 nitrogen and oxygen atoms in total. The maximum Gasteiger partial charge on any atom is 0.305 e. The molecule has 0 radical (unpaired) electrons. The van der Waals surface area contributed by atoms with Gasteiger partial charge in [-0.2, -0.15) is 5.10 Å². The number of nitrogens with one attached hydrogen (secondary N) is 1. The highest BCUT2D eigenvalue weighted by atomic mass is 35.5. The van der Waals surface area contributed by atoms with Gasteiger partial charge in [-0.1, -0.05) is 18.5 Å². The van der Waals surface area contributed by atoms with E-state index in [9.17, 15) is 9.59 Å². The van der Waals surface area contributed by atoms with E-state index < -0.39 is 0 Å². The summed E-state index contributed by atoms with van der Waals surface area (Å²) in [6.07, 6.45) is 3.28. The molecule has 112 valence electrons. The summed E-state index contributed by atoms with van der Waals surface area (Å²) in [5, 5.41) is 7.17. The number of halogens is 1. The second-order valence-electron chi connectivity index (χ2n) is 4.24. The van der Waals surface area contributed by atoms with Crippen molar-refractivity contribution in [1.82, 2.24) is 9.78 Å². The van der Waals surface area contributed by atoms with E-state index in [1.54, 1.807) is 6.92 Å². The predicted molar refractivity (Wildman–Crippen MR) is 78.2 cm³/mol. The van der Waals surface area contributed by atoms with Crippen LogP contribution in [0.3, 0.4) is 0 Å². The fraction of sp³-hybridized carbons (Fsp3) is 0.615. The molecule has 1 aromatic rings. The Hall–Kier alpha value is -1.56. The van der Waals surface area contributed by atoms with Crippen LogP contribution in [0.4, 0.5) is 5.69 Å². The van der Waals surface area contributed by atoms with E-state index in [2.05, 4.69) is 10.4 Å². The summed E-state index contributed by atoms with van der Waals surface area (Å²) < 4.78 is 6.16. The molecule has 1 heterocycles. The van der Waals surface area contributed by atoms with Crippen LogP contribution in [0.5, 0.6) is 0 Å². The Morgan fingerprint density at radius 3 is 2.90 bits per heavy atom. The third-order valence-electron chi connectivity index (χ3n) is 2.60. The second-order valence-corrected chi connectivity index (χ2v) is 4.61. The molecule has 0 aliphatic heterocycles. The van der Waals surface area contributed by atoms with Crippen molar-refractivity contribution in [3.8, 4) is 0 Å². The van der Waals surface area contributed by atoms with Gasteiger partial charge >= 0.3 is 5.97 Å². The van der Waals surface area contributed by atoms with Gasteiger partial charge in [0, 0.05) is 19.5 Å². The maximum absolute atomic E-state index is 11.9. The largest absolute Gasteiger partial charge is 0.466 e. The minimum atomic E-state index is -0.302. The number of nitrogens with zero attached hydrogens (tertiary/aromatic N) is 2. The van der Waals surface area contributed by atoms with Crippen molar-refractivity contribution in [2.75, 3.05) is 18.5 Å². The van der Waals surface area contributed by atoms with Crippen molar-refractivity contribution in [1.29, 1.82) is 0 Å². The summed E-state index contributed by atoms with van der Waals surface area (Å²) in [6.45, 7) is 5.19. The summed E-state index contributed by atoms with van der Waals surface area (Å²) in [6, 6.07) is 0. The average molecular weight is 302 g/mol. The Kier molecular flexibility index (Phi) is 7.08. The number of hydrogen-bond donors (Lipinski definition) is 1. The highest BCUT2D eigenvalue weighted by Gasteiger charge is 2.08. The Balaban J connectivity index is 2.51. The Morgan fingerprint density at radius 2 is 2.25 bits per heavy atom. The molecule has 7 heteroatoms. The standard InChI is InChI=1S/C13H20ClN3O3/c1-3-8-17-13(19)12(14)10(9-16-17)15-7-5-6-11(18)20-4-2/h9,15H,3-8H2,1-2H3. The van der Waals surface area contributed by atoms with E-state index >= 15 is 0 Å². The van der Waals surface area contributed by atoms with Crippen LogP contribution < -0.4 is 10.9 Å². The van der Waals surface area contributed by atoms with E-state index in [0.29, 0.717) is 38.2 Å². The number of aromatic nitrogens is 2. The van der Waals surface area contributed by atoms with Gasteiger partial charge in [-0.05, 0) is 19.8 Å². The summed E-state index contributed by atoms with van der Waals surface area (Å²) in [5.41, 5.74) is 0.191. The maximum atomic E-state index is 11.9. The molecule has 0 aliphatic rings. The smallest absolute Gasteiger partial charge is 0.305 e. The molecule has 0 unspecified atom stereocenters. The number of rotatable bonds is 8. The molecule has 0 aliphatic carbocycles. The fourth-order valence-corrected chi connectivity index (χ4v) is 1.86. The first-order chi connectivity index (χ1) is 9.60. The van der Waals surface area contributed by atoms with Gasteiger partial charge in [-0.3, -0.25) is 9.59 Å². The van der Waals surface area contributed by atoms with Gasteiger partial charge < -0.3 is 10.1 Å². The number of hydrogen-bond acceptors (Lipinski definition) is 5. The van der Waals surface area contributed by atoms with Crippen molar-refractivity contribution in [3.63, 3.8) is 0 Å². The van der Waals surface area contributed by atoms with Crippen molar-refractivity contribution in [3.05, 3.63) is 21.6 Å². The topological polar surface area (TPSA) is 73.2 Å². The molecule has 0 spiro atoms. The fourth-order valence-electron chi connectivity index (χ4n) is 1.65. The quantitative estimate of drug-likeness (QED) is 0.588. The number of carbonyl (C=O) groups is 1. The Bertz CT molecular complexity index is 502. The first-order valence-electron chi connectivity index (χ1n) is 6.75. The highest BCUT2D eigenvalue weighted by Crippen LogP contribution is 2.15. The minimum Gasteiger partial charge on any atom is -0.466 e. The summed E-state index contributed by atoms with van der Waals surface area (Å²) in [5.74, 6) is -0.225. The lowest BCUT2D eigenvalue weighted by Gasteiger charge is -2.09. The molecular formula is C13H20ClN3O3. The molecule has 0 aromatic carbocycles. The number of esters is 1. The summed E-state index contributed by atoms with van der Waals surface area (Å²) in [7, 11) is 0. The molecule has 20 heavy (non-hydrogen) atoms. The summed E-state index contributed by atoms with van der Waals surface area (Å²) in [4.78, 5) is 23.0. The van der Waals surface area contributed by atoms with Gasteiger partial charge in [-0.25, -0.2) is 4.68 Å². The lowest BCUT2D eigenvalue weighted by Crippen LogP contribution is -2.24. The van der Waals surface area contributed by atoms with Crippen LogP contribution in [0.1, 0.15) is 33.1 Å². The monoisotopic (exact) mass is 301 g/mol. The molecule has 0 atom stereocenters. The predicted octanol–water partition coefficient (Wildman–Crippen LogP) is 2.06. The van der Waals surface area contributed by atoms with Gasteiger partial charge in [0.2, 0.25) is 0 Å². The van der Waals surface area contributed by atoms with Crippen LogP contribution in [-0.2, 0) is 16.1 Å². The number of carbonyl (C=O) groups excluding carboxylic acids is 1. The second kappa shape index (κ2) is 8.58. The molecule has 1 N–H and O–H groups in total. The molecule has 1 rings (SSSR count). The summed E-state index contributed by atoms with van der Waals surface area (Å²) >= 11 is 6.00. The van der Waals surface area contributed by atoms with Crippen LogP contribution >= 0.6 is 11.6 Å². The zero-order valence-electron chi connectivity index (χ0n) is 11.8. The van der Waals surface area contributed by atoms with Crippen molar-refractivity contribution >= 4 is 23.3 Å². The normalized spacial score (nSPS) is 10.3. The number of anilines is 1. The van der Waals surface area contributed by atoms with E-state index in [4.69, 9.17) is 16.3 Å². The minimum absolute atomic E-state index is 0.129. The molecule has 0 amide bonds. The molecular weight excluding hydrogens is 282 g/mol. The Morgan fingerprint density at radius 1 is 1.50 bits per heavy atom. The number of aryl methyl sites for hydroxylation is 1. The average Bonchev–Trinajstić information content (AvgIpc) is 2.42. The van der Waals surface area contributed by atoms with Gasteiger partial charge in [0.15, 0.2) is 0 Å². The number of ether oxygens (including phenoxy) is 1. The van der Waals surface area contributed by atoms with Crippen LogP contribution in [0.2, 0.25) is 5.02 Å². The molecule has 1 aromatic heterocycles. The lowest BCUT2D eigenvalue weighted by atomic mass is 10.3. The highest BCUT2D eigenvalue weighted by molar-refractivity contribution is 6.32. The zero-order valence-corrected chi connectivity index (χ0v) is 12.6. The van der Waals surface area contributed by atoms with E-state index in [1.165, 1.54) is 10.9 Å². The van der Waals surface area contributed by atoms with Gasteiger partial charge in [0.05, 0.1) is 18.5 Å². The molecule has 0 saturated heterocycles. The van der Waals surface area contributed by atoms with Gasteiger partial charge in [0.1, 0.15) is 5.02 Å². The molecule has 0 fully saturated rings. The molecule has 0 bridgehead atoms. The third-order valence-corrected chi connectivity index (χ3v) is 2.96. The van der Waals surface area contributed by atoms with Crippen molar-refractivity contribution in [2.45, 2.75) is 39.7 Å². The van der Waals surface area contributed by atoms with E-state index in [1.807, 2.05) is 6.92 Å². The van der Waals surface area contributed by atoms with Crippen molar-refractivity contribution < 1.29 is 9.53 Å². The first-order valence-corrected chi connectivity index (χ1v) is 7.13. The van der Waals surface area contributed by atoms with Crippen LogP contribution in [0, 0.1) is 0 Å². The van der Waals surface area contributed by atoms with Crippen LogP contribution in [0.25, 0.3) is 0 Å². The molecule has 0 saturated carbocycles. The SMILES string of the molecule is CCCn1ncc(NCCCC(=O)OCC)c(Cl)c1=O. The Labute approximate surface area is 123 Å². The van der Waals surface area contributed by atoms with Crippen LogP contribution in [0.15, 0.2) is 11.0 Å². The zero-order chi connectivity index (χ0) is 15.0. The third kappa shape index (κ3) is 4.85. The lowest BCUT2D eigenvalue weighted by molar-refractivity contribution is -0.143. The van der Waals surface area contributed by atoms with E-state index in [0.717, 1.165) is 6.42 Å². The van der Waals surface area contributed by atoms with Gasteiger partial charge in [0.25, 0.3) is 5.56 Å². The van der Waals surface area contributed by atoms with Crippen molar-refractivity contribution in [2.24, 2.45) is 0 Å². The van der Waals surface area contributed by atoms with E-state index in [-0.39, 0.29) is 16.6 Å². The van der Waals surface area contributed by atoms with Gasteiger partial charge in [-0.15, -0.1) is 0 Å².